The third-order valence-corrected chi connectivity index (χ3v) is 2.79. The van der Waals surface area contributed by atoms with Gasteiger partial charge in [-0.3, -0.25) is 9.78 Å². The molecule has 0 atom stereocenters. The van der Waals surface area contributed by atoms with Gasteiger partial charge in [-0.15, -0.1) is 0 Å². The number of ether oxygens (including phenoxy) is 2. The maximum Gasteiger partial charge on any atom is 0.198 e. The van der Waals surface area contributed by atoms with Gasteiger partial charge in [-0.05, 0) is 36.8 Å². The molecule has 0 saturated heterocycles. The zero-order valence-corrected chi connectivity index (χ0v) is 11.1. The molecular formula is C15H15NO3. The lowest BCUT2D eigenvalue weighted by atomic mass is 10.0. The predicted molar refractivity (Wildman–Crippen MR) is 72.0 cm³/mol. The minimum atomic E-state index is -0.132. The van der Waals surface area contributed by atoms with E-state index < -0.39 is 0 Å². The second-order valence-corrected chi connectivity index (χ2v) is 4.15. The topological polar surface area (TPSA) is 48.4 Å². The van der Waals surface area contributed by atoms with Crippen molar-refractivity contribution in [2.24, 2.45) is 0 Å². The third kappa shape index (κ3) is 2.73. The Morgan fingerprint density at radius 1 is 1.11 bits per heavy atom. The van der Waals surface area contributed by atoms with Crippen LogP contribution < -0.4 is 9.47 Å². The molecule has 1 aromatic carbocycles. The van der Waals surface area contributed by atoms with Crippen LogP contribution in [0.15, 0.2) is 36.7 Å². The summed E-state index contributed by atoms with van der Waals surface area (Å²) in [5.41, 5.74) is 1.94. The van der Waals surface area contributed by atoms with E-state index in [4.69, 9.17) is 9.47 Å². The standard InChI is InChI=1S/C15H15NO3/c1-10-6-11(9-16-8-10)15(17)13-7-12(18-2)4-5-14(13)19-3/h4-9H,1-3H3. The van der Waals surface area contributed by atoms with Crippen molar-refractivity contribution in [2.45, 2.75) is 6.92 Å². The molecule has 0 bridgehead atoms. The number of rotatable bonds is 4. The zero-order valence-electron chi connectivity index (χ0n) is 11.1. The molecule has 0 spiro atoms. The summed E-state index contributed by atoms with van der Waals surface area (Å²) in [6.45, 7) is 1.90. The number of methoxy groups -OCH3 is 2. The molecule has 0 fully saturated rings. The summed E-state index contributed by atoms with van der Waals surface area (Å²) in [5.74, 6) is 1.00. The number of carbonyl (C=O) groups is 1. The third-order valence-electron chi connectivity index (χ3n) is 2.79. The highest BCUT2D eigenvalue weighted by Gasteiger charge is 2.16. The molecule has 19 heavy (non-hydrogen) atoms. The SMILES string of the molecule is COc1ccc(OC)c(C(=O)c2cncc(C)c2)c1. The Morgan fingerprint density at radius 3 is 2.53 bits per heavy atom. The number of hydrogen-bond donors (Lipinski definition) is 0. The molecule has 0 unspecified atom stereocenters. The van der Waals surface area contributed by atoms with E-state index in [-0.39, 0.29) is 5.78 Å². The van der Waals surface area contributed by atoms with Crippen molar-refractivity contribution in [2.75, 3.05) is 14.2 Å². The second kappa shape index (κ2) is 5.52. The highest BCUT2D eigenvalue weighted by molar-refractivity contribution is 6.10. The van der Waals surface area contributed by atoms with Crippen LogP contribution in [0.3, 0.4) is 0 Å². The number of nitrogens with zero attached hydrogens (tertiary/aromatic N) is 1. The average Bonchev–Trinajstić information content (AvgIpc) is 2.45. The molecule has 1 heterocycles. The van der Waals surface area contributed by atoms with E-state index in [1.165, 1.54) is 7.11 Å². The van der Waals surface area contributed by atoms with E-state index in [1.54, 1.807) is 43.8 Å². The van der Waals surface area contributed by atoms with Crippen molar-refractivity contribution in [3.8, 4) is 11.5 Å². The molecule has 0 amide bonds. The van der Waals surface area contributed by atoms with E-state index in [2.05, 4.69) is 4.98 Å². The van der Waals surface area contributed by atoms with E-state index >= 15 is 0 Å². The Morgan fingerprint density at radius 2 is 1.89 bits per heavy atom. The van der Waals surface area contributed by atoms with Gasteiger partial charge >= 0.3 is 0 Å². The van der Waals surface area contributed by atoms with Crippen LogP contribution in [0.1, 0.15) is 21.5 Å². The first-order chi connectivity index (χ1) is 9.15. The van der Waals surface area contributed by atoms with Gasteiger partial charge in [0.05, 0.1) is 19.8 Å². The molecule has 98 valence electrons. The number of benzene rings is 1. The van der Waals surface area contributed by atoms with Crippen LogP contribution in [0, 0.1) is 6.92 Å². The Kier molecular flexibility index (Phi) is 3.80. The lowest BCUT2D eigenvalue weighted by Crippen LogP contribution is -2.05. The summed E-state index contributed by atoms with van der Waals surface area (Å²) in [6, 6.07) is 6.94. The fraction of sp³-hybridized carbons (Fsp3) is 0.200. The normalized spacial score (nSPS) is 10.1. The molecule has 0 saturated carbocycles. The van der Waals surface area contributed by atoms with Gasteiger partial charge in [0.2, 0.25) is 0 Å². The molecular weight excluding hydrogens is 242 g/mol. The van der Waals surface area contributed by atoms with Crippen molar-refractivity contribution >= 4 is 5.78 Å². The quantitative estimate of drug-likeness (QED) is 0.790. The van der Waals surface area contributed by atoms with Crippen LogP contribution in [-0.2, 0) is 0 Å². The molecule has 2 aromatic rings. The highest BCUT2D eigenvalue weighted by Crippen LogP contribution is 2.26. The second-order valence-electron chi connectivity index (χ2n) is 4.15. The van der Waals surface area contributed by atoms with Gasteiger partial charge in [-0.25, -0.2) is 0 Å². The van der Waals surface area contributed by atoms with Crippen LogP contribution in [0.25, 0.3) is 0 Å². The van der Waals surface area contributed by atoms with E-state index in [1.807, 2.05) is 6.92 Å². The number of aromatic nitrogens is 1. The van der Waals surface area contributed by atoms with Crippen LogP contribution in [0.5, 0.6) is 11.5 Å². The summed E-state index contributed by atoms with van der Waals surface area (Å²) in [6.07, 6.45) is 3.26. The summed E-state index contributed by atoms with van der Waals surface area (Å²) in [4.78, 5) is 16.5. The smallest absolute Gasteiger partial charge is 0.198 e. The van der Waals surface area contributed by atoms with Gasteiger partial charge in [0.25, 0.3) is 0 Å². The monoisotopic (exact) mass is 257 g/mol. The Balaban J connectivity index is 2.48. The predicted octanol–water partition coefficient (Wildman–Crippen LogP) is 2.64. The maximum atomic E-state index is 12.5. The van der Waals surface area contributed by atoms with Crippen molar-refractivity contribution in [3.63, 3.8) is 0 Å². The van der Waals surface area contributed by atoms with Gasteiger partial charge in [0, 0.05) is 18.0 Å². The molecule has 0 radical (unpaired) electrons. The van der Waals surface area contributed by atoms with Gasteiger partial charge in [0.1, 0.15) is 11.5 Å². The molecule has 0 N–H and O–H groups in total. The first kappa shape index (κ1) is 13.1. The van der Waals surface area contributed by atoms with Gasteiger partial charge < -0.3 is 9.47 Å². The molecule has 2 rings (SSSR count). The van der Waals surface area contributed by atoms with Crippen molar-refractivity contribution in [1.82, 2.24) is 4.98 Å². The van der Waals surface area contributed by atoms with Gasteiger partial charge in [-0.1, -0.05) is 0 Å². The largest absolute Gasteiger partial charge is 0.497 e. The minimum absolute atomic E-state index is 0.132. The van der Waals surface area contributed by atoms with E-state index in [0.717, 1.165) is 5.56 Å². The summed E-state index contributed by atoms with van der Waals surface area (Å²) in [5, 5.41) is 0. The lowest BCUT2D eigenvalue weighted by molar-refractivity contribution is 0.103. The summed E-state index contributed by atoms with van der Waals surface area (Å²) in [7, 11) is 3.09. The van der Waals surface area contributed by atoms with Gasteiger partial charge in [-0.2, -0.15) is 0 Å². The number of ketones is 1. The van der Waals surface area contributed by atoms with Crippen molar-refractivity contribution in [1.29, 1.82) is 0 Å². The lowest BCUT2D eigenvalue weighted by Gasteiger charge is -2.09. The first-order valence-electron chi connectivity index (χ1n) is 5.84. The average molecular weight is 257 g/mol. The molecule has 4 heteroatoms. The van der Waals surface area contributed by atoms with Crippen LogP contribution >= 0.6 is 0 Å². The molecule has 1 aromatic heterocycles. The highest BCUT2D eigenvalue weighted by atomic mass is 16.5. The molecule has 0 aliphatic heterocycles. The Labute approximate surface area is 112 Å². The number of pyridine rings is 1. The Hall–Kier alpha value is -2.36. The minimum Gasteiger partial charge on any atom is -0.497 e. The molecule has 0 aliphatic rings. The van der Waals surface area contributed by atoms with E-state index in [9.17, 15) is 4.79 Å². The van der Waals surface area contributed by atoms with Crippen molar-refractivity contribution < 1.29 is 14.3 Å². The van der Waals surface area contributed by atoms with Crippen molar-refractivity contribution in [3.05, 3.63) is 53.3 Å². The summed E-state index contributed by atoms with van der Waals surface area (Å²) >= 11 is 0. The number of aryl methyl sites for hydroxylation is 1. The Bertz CT molecular complexity index is 608. The molecule has 0 aliphatic carbocycles. The maximum absolute atomic E-state index is 12.5. The zero-order chi connectivity index (χ0) is 13.8. The fourth-order valence-corrected chi connectivity index (χ4v) is 1.83. The number of hydrogen-bond acceptors (Lipinski definition) is 4. The van der Waals surface area contributed by atoms with Crippen LogP contribution in [0.2, 0.25) is 0 Å². The fourth-order valence-electron chi connectivity index (χ4n) is 1.83. The summed E-state index contributed by atoms with van der Waals surface area (Å²) < 4.78 is 10.4. The van der Waals surface area contributed by atoms with Gasteiger partial charge in [0.15, 0.2) is 5.78 Å². The van der Waals surface area contributed by atoms with Crippen LogP contribution in [-0.4, -0.2) is 25.0 Å². The van der Waals surface area contributed by atoms with Crippen LogP contribution in [0.4, 0.5) is 0 Å². The van der Waals surface area contributed by atoms with E-state index in [0.29, 0.717) is 22.6 Å². The number of carbonyl (C=O) groups excluding carboxylic acids is 1. The molecule has 4 nitrogen and oxygen atoms in total. The first-order valence-corrected chi connectivity index (χ1v) is 5.84.